The number of nitro groups is 2. The second-order valence-corrected chi connectivity index (χ2v) is 5.82. The molecule has 15 heteroatoms. The van der Waals surface area contributed by atoms with Crippen molar-refractivity contribution in [3.8, 4) is 0 Å². The maximum absolute atomic E-state index is 13.1. The number of hydrogen-bond acceptors (Lipinski definition) is 7. The monoisotopic (exact) mass is 433 g/mol. The lowest BCUT2D eigenvalue weighted by Crippen LogP contribution is -2.42. The number of anilines is 1. The van der Waals surface area contributed by atoms with E-state index in [1.165, 1.54) is 0 Å². The standard InChI is InChI=1S/C11H5Cl3F3N5O4/c12-5-2-6(13)20(10(18)19-5)8-4(21(23)24)1-3(11(15,16)17)7(14)9(8)22(25)26/h1-2,10H,18H2. The van der Waals surface area contributed by atoms with Crippen LogP contribution < -0.4 is 10.6 Å². The van der Waals surface area contributed by atoms with Crippen LogP contribution in [0.4, 0.5) is 30.2 Å². The summed E-state index contributed by atoms with van der Waals surface area (Å²) in [4.78, 5) is 24.3. The average Bonchev–Trinajstić information content (AvgIpc) is 2.43. The highest BCUT2D eigenvalue weighted by molar-refractivity contribution is 6.69. The smallest absolute Gasteiger partial charge is 0.292 e. The first-order chi connectivity index (χ1) is 11.9. The predicted octanol–water partition coefficient (Wildman–Crippen LogP) is 3.96. The van der Waals surface area contributed by atoms with E-state index in [0.29, 0.717) is 4.90 Å². The SMILES string of the molecule is NC1N=C(Cl)C=C(Cl)N1c1c([N+](=O)[O-])cc(C(F)(F)F)c(Cl)c1[N+](=O)[O-]. The molecule has 0 amide bonds. The van der Waals surface area contributed by atoms with Crippen LogP contribution in [-0.4, -0.2) is 21.3 Å². The van der Waals surface area contributed by atoms with Gasteiger partial charge in [0.05, 0.1) is 15.4 Å². The minimum atomic E-state index is -5.18. The van der Waals surface area contributed by atoms with Gasteiger partial charge < -0.3 is 0 Å². The molecule has 1 heterocycles. The lowest BCUT2D eigenvalue weighted by molar-refractivity contribution is -0.393. The Kier molecular flexibility index (Phi) is 5.33. The van der Waals surface area contributed by atoms with E-state index in [0.717, 1.165) is 6.08 Å². The van der Waals surface area contributed by atoms with E-state index in [-0.39, 0.29) is 11.2 Å². The third-order valence-electron chi connectivity index (χ3n) is 3.11. The second-order valence-electron chi connectivity index (χ2n) is 4.67. The van der Waals surface area contributed by atoms with Crippen LogP contribution in [0.15, 0.2) is 22.3 Å². The second kappa shape index (κ2) is 6.87. The summed E-state index contributed by atoms with van der Waals surface area (Å²) in [6.07, 6.45) is -5.81. The molecule has 0 spiro atoms. The number of nitro benzene ring substituents is 2. The van der Waals surface area contributed by atoms with E-state index in [2.05, 4.69) is 4.99 Å². The zero-order valence-corrected chi connectivity index (χ0v) is 14.3. The molecule has 0 saturated heterocycles. The van der Waals surface area contributed by atoms with Gasteiger partial charge in [-0.1, -0.05) is 34.8 Å². The summed E-state index contributed by atoms with van der Waals surface area (Å²) in [6, 6.07) is 0.0570. The van der Waals surface area contributed by atoms with Crippen molar-refractivity contribution in [3.05, 3.63) is 48.1 Å². The molecule has 1 unspecified atom stereocenters. The van der Waals surface area contributed by atoms with E-state index in [1.54, 1.807) is 0 Å². The van der Waals surface area contributed by atoms with Gasteiger partial charge in [0.25, 0.3) is 0 Å². The lowest BCUT2D eigenvalue weighted by Gasteiger charge is -2.29. The third-order valence-corrected chi connectivity index (χ3v) is 3.99. The topological polar surface area (TPSA) is 128 Å². The summed E-state index contributed by atoms with van der Waals surface area (Å²) in [5.41, 5.74) is 0.219. The van der Waals surface area contributed by atoms with E-state index in [4.69, 9.17) is 40.5 Å². The van der Waals surface area contributed by atoms with Gasteiger partial charge in [-0.3, -0.25) is 30.9 Å². The summed E-state index contributed by atoms with van der Waals surface area (Å²) in [5.74, 6) is 0. The number of hydrogen-bond donors (Lipinski definition) is 1. The molecule has 1 aliphatic rings. The molecule has 0 aliphatic carbocycles. The number of alkyl halides is 3. The highest BCUT2D eigenvalue weighted by atomic mass is 35.5. The fourth-order valence-corrected chi connectivity index (χ4v) is 2.99. The van der Waals surface area contributed by atoms with Gasteiger partial charge in [-0.2, -0.15) is 13.2 Å². The van der Waals surface area contributed by atoms with E-state index >= 15 is 0 Å². The van der Waals surface area contributed by atoms with E-state index in [1.807, 2.05) is 0 Å². The minimum Gasteiger partial charge on any atom is -0.292 e. The van der Waals surface area contributed by atoms with Gasteiger partial charge in [0.2, 0.25) is 5.69 Å². The Bertz CT molecular complexity index is 874. The molecule has 1 atom stereocenters. The summed E-state index contributed by atoms with van der Waals surface area (Å²) < 4.78 is 39.2. The zero-order valence-electron chi connectivity index (χ0n) is 12.0. The predicted molar refractivity (Wildman–Crippen MR) is 87.4 cm³/mol. The molecule has 9 nitrogen and oxygen atoms in total. The molecule has 0 aromatic heterocycles. The minimum absolute atomic E-state index is 0.0570. The Morgan fingerprint density at radius 2 is 1.77 bits per heavy atom. The van der Waals surface area contributed by atoms with Crippen LogP contribution in [-0.2, 0) is 6.18 Å². The fraction of sp³-hybridized carbons (Fsp3) is 0.182. The number of allylic oxidation sites excluding steroid dienone is 1. The molecule has 2 rings (SSSR count). The Labute approximate surface area is 156 Å². The highest BCUT2D eigenvalue weighted by Gasteiger charge is 2.45. The van der Waals surface area contributed by atoms with Gasteiger partial charge >= 0.3 is 17.6 Å². The molecule has 0 radical (unpaired) electrons. The lowest BCUT2D eigenvalue weighted by atomic mass is 10.1. The maximum atomic E-state index is 13.1. The molecule has 0 bridgehead atoms. The van der Waals surface area contributed by atoms with Gasteiger partial charge in [-0.05, 0) is 0 Å². The van der Waals surface area contributed by atoms with Crippen LogP contribution >= 0.6 is 34.8 Å². The number of nitrogens with zero attached hydrogens (tertiary/aromatic N) is 4. The van der Waals surface area contributed by atoms with Crippen LogP contribution in [0.1, 0.15) is 5.56 Å². The molecular formula is C11H5Cl3F3N5O4. The highest BCUT2D eigenvalue weighted by Crippen LogP contribution is 2.50. The Balaban J connectivity index is 2.93. The van der Waals surface area contributed by atoms with Gasteiger partial charge in [0.1, 0.15) is 15.3 Å². The first-order valence-corrected chi connectivity index (χ1v) is 7.37. The molecule has 140 valence electrons. The van der Waals surface area contributed by atoms with E-state index < -0.39 is 55.1 Å². The normalized spacial score (nSPS) is 17.7. The molecule has 1 aliphatic heterocycles. The third kappa shape index (κ3) is 3.53. The van der Waals surface area contributed by atoms with Crippen molar-refractivity contribution in [2.45, 2.75) is 12.5 Å². The number of aliphatic imine (C=N–C) groups is 1. The number of halogens is 6. The summed E-state index contributed by atoms with van der Waals surface area (Å²) in [5, 5.41) is 20.6. The molecule has 1 aromatic carbocycles. The number of rotatable bonds is 3. The Morgan fingerprint density at radius 3 is 2.19 bits per heavy atom. The summed E-state index contributed by atoms with van der Waals surface area (Å²) in [7, 11) is 0. The van der Waals surface area contributed by atoms with Crippen LogP contribution in [0, 0.1) is 20.2 Å². The van der Waals surface area contributed by atoms with Gasteiger partial charge in [0, 0.05) is 12.1 Å². The fourth-order valence-electron chi connectivity index (χ4n) is 2.13. The average molecular weight is 435 g/mol. The van der Waals surface area contributed by atoms with Crippen molar-refractivity contribution in [2.75, 3.05) is 4.90 Å². The Hall–Kier alpha value is -2.15. The first kappa shape index (κ1) is 20.2. The van der Waals surface area contributed by atoms with Crippen molar-refractivity contribution < 1.29 is 23.0 Å². The zero-order chi connectivity index (χ0) is 20.0. The van der Waals surface area contributed by atoms with Crippen molar-refractivity contribution in [1.29, 1.82) is 0 Å². The molecular weight excluding hydrogens is 430 g/mol. The summed E-state index contributed by atoms with van der Waals surface area (Å²) in [6.45, 7) is 0. The van der Waals surface area contributed by atoms with Crippen molar-refractivity contribution in [3.63, 3.8) is 0 Å². The quantitative estimate of drug-likeness (QED) is 0.436. The van der Waals surface area contributed by atoms with Gasteiger partial charge in [-0.25, -0.2) is 4.99 Å². The molecule has 2 N–H and O–H groups in total. The number of nitrogens with two attached hydrogens (primary N) is 1. The maximum Gasteiger partial charge on any atom is 0.418 e. The molecule has 1 aromatic rings. The molecule has 0 fully saturated rings. The van der Waals surface area contributed by atoms with Crippen molar-refractivity contribution >= 4 is 57.0 Å². The summed E-state index contributed by atoms with van der Waals surface area (Å²) >= 11 is 17.0. The van der Waals surface area contributed by atoms with Crippen LogP contribution in [0.2, 0.25) is 5.02 Å². The van der Waals surface area contributed by atoms with Crippen LogP contribution in [0.25, 0.3) is 0 Å². The molecule has 26 heavy (non-hydrogen) atoms. The van der Waals surface area contributed by atoms with Crippen molar-refractivity contribution in [2.24, 2.45) is 10.7 Å². The van der Waals surface area contributed by atoms with Gasteiger partial charge in [0.15, 0.2) is 6.29 Å². The number of benzene rings is 1. The van der Waals surface area contributed by atoms with Crippen LogP contribution in [0.5, 0.6) is 0 Å². The van der Waals surface area contributed by atoms with Crippen LogP contribution in [0.3, 0.4) is 0 Å². The molecule has 0 saturated carbocycles. The Morgan fingerprint density at radius 1 is 1.19 bits per heavy atom. The largest absolute Gasteiger partial charge is 0.418 e. The van der Waals surface area contributed by atoms with E-state index in [9.17, 15) is 33.4 Å². The first-order valence-electron chi connectivity index (χ1n) is 6.24. The van der Waals surface area contributed by atoms with Crippen molar-refractivity contribution in [1.82, 2.24) is 0 Å². The van der Waals surface area contributed by atoms with Gasteiger partial charge in [-0.15, -0.1) is 0 Å².